The smallest absolute Gasteiger partial charge is 0.305 e. The molecule has 0 aliphatic rings. The Bertz CT molecular complexity index is 614. The van der Waals surface area contributed by atoms with Gasteiger partial charge in [0.15, 0.2) is 0 Å². The molecule has 2 aromatic rings. The maximum atomic E-state index is 11.1. The van der Waals surface area contributed by atoms with E-state index in [-0.39, 0.29) is 11.9 Å². The lowest BCUT2D eigenvalue weighted by Gasteiger charge is -1.98. The van der Waals surface area contributed by atoms with Crippen LogP contribution in [0, 0.1) is 0 Å². The van der Waals surface area contributed by atoms with Crippen LogP contribution in [0.2, 0.25) is 0 Å². The summed E-state index contributed by atoms with van der Waals surface area (Å²) >= 11 is 3.55. The first-order valence-electron chi connectivity index (χ1n) is 7.94. The number of carbonyl (C=O) groups excluding carboxylic acids is 2. The Balaban J connectivity index is 1.84. The van der Waals surface area contributed by atoms with Crippen molar-refractivity contribution >= 4 is 34.6 Å². The van der Waals surface area contributed by atoms with Gasteiger partial charge >= 0.3 is 11.9 Å². The maximum absolute atomic E-state index is 11.1. The third-order valence-electron chi connectivity index (χ3n) is 3.63. The average molecular weight is 367 g/mol. The van der Waals surface area contributed by atoms with Crippen LogP contribution in [0.3, 0.4) is 0 Å². The van der Waals surface area contributed by atoms with Crippen LogP contribution in [-0.2, 0) is 31.9 Å². The van der Waals surface area contributed by atoms with Gasteiger partial charge in [0.05, 0.1) is 14.2 Å². The summed E-state index contributed by atoms with van der Waals surface area (Å²) < 4.78 is 9.31. The molecule has 0 saturated carbocycles. The minimum absolute atomic E-state index is 0.151. The SMILES string of the molecule is COC(=O)CCCc1ccc(-c2ccc(CCCC(=O)OC)s2)s1. The Morgan fingerprint density at radius 3 is 1.58 bits per heavy atom. The van der Waals surface area contributed by atoms with Crippen molar-refractivity contribution in [2.45, 2.75) is 38.5 Å². The van der Waals surface area contributed by atoms with Crippen LogP contribution < -0.4 is 0 Å². The van der Waals surface area contributed by atoms with E-state index in [4.69, 9.17) is 0 Å². The van der Waals surface area contributed by atoms with Crippen LogP contribution in [0.5, 0.6) is 0 Å². The van der Waals surface area contributed by atoms with Crippen LogP contribution in [-0.4, -0.2) is 26.2 Å². The second-order valence-corrected chi connectivity index (χ2v) is 7.73. The molecule has 4 nitrogen and oxygen atoms in total. The van der Waals surface area contributed by atoms with E-state index in [1.165, 1.54) is 33.7 Å². The van der Waals surface area contributed by atoms with Crippen molar-refractivity contribution < 1.29 is 19.1 Å². The second kappa shape index (κ2) is 9.59. The Hall–Kier alpha value is -1.66. The van der Waals surface area contributed by atoms with Crippen molar-refractivity contribution in [3.05, 3.63) is 34.0 Å². The molecule has 0 fully saturated rings. The van der Waals surface area contributed by atoms with Crippen LogP contribution in [0.4, 0.5) is 0 Å². The highest BCUT2D eigenvalue weighted by Crippen LogP contribution is 2.34. The number of carbonyl (C=O) groups is 2. The molecule has 0 unspecified atom stereocenters. The summed E-state index contributed by atoms with van der Waals surface area (Å²) in [4.78, 5) is 27.4. The van der Waals surface area contributed by atoms with Gasteiger partial charge in [-0.25, -0.2) is 0 Å². The fraction of sp³-hybridized carbons (Fsp3) is 0.444. The first-order chi connectivity index (χ1) is 11.6. The number of esters is 2. The number of rotatable bonds is 9. The van der Waals surface area contributed by atoms with E-state index in [2.05, 4.69) is 33.7 Å². The molecule has 0 spiro atoms. The Kier molecular flexibility index (Phi) is 7.46. The highest BCUT2D eigenvalue weighted by Gasteiger charge is 2.08. The van der Waals surface area contributed by atoms with E-state index in [9.17, 15) is 9.59 Å². The van der Waals surface area contributed by atoms with Crippen molar-refractivity contribution in [1.29, 1.82) is 0 Å². The maximum Gasteiger partial charge on any atom is 0.305 e. The first kappa shape index (κ1) is 18.7. The van der Waals surface area contributed by atoms with Gasteiger partial charge in [-0.1, -0.05) is 0 Å². The van der Waals surface area contributed by atoms with Crippen LogP contribution >= 0.6 is 22.7 Å². The summed E-state index contributed by atoms with van der Waals surface area (Å²) in [7, 11) is 2.84. The van der Waals surface area contributed by atoms with Crippen molar-refractivity contribution in [2.75, 3.05) is 14.2 Å². The number of hydrogen-bond donors (Lipinski definition) is 0. The molecule has 0 aliphatic heterocycles. The van der Waals surface area contributed by atoms with Crippen LogP contribution in [0.15, 0.2) is 24.3 Å². The summed E-state index contributed by atoms with van der Waals surface area (Å²) in [6.07, 6.45) is 4.36. The summed E-state index contributed by atoms with van der Waals surface area (Å²) in [5.74, 6) is -0.303. The highest BCUT2D eigenvalue weighted by atomic mass is 32.1. The quantitative estimate of drug-likeness (QED) is 0.615. The molecule has 130 valence electrons. The summed E-state index contributed by atoms with van der Waals surface area (Å²) in [6, 6.07) is 8.55. The van der Waals surface area contributed by atoms with Crippen molar-refractivity contribution in [3.8, 4) is 9.75 Å². The third kappa shape index (κ3) is 5.76. The molecule has 0 bridgehead atoms. The second-order valence-electron chi connectivity index (χ2n) is 5.39. The number of methoxy groups -OCH3 is 2. The molecule has 0 N–H and O–H groups in total. The van der Waals surface area contributed by atoms with Gasteiger partial charge in [0.2, 0.25) is 0 Å². The molecule has 2 heterocycles. The van der Waals surface area contributed by atoms with Gasteiger partial charge in [0, 0.05) is 32.4 Å². The Labute approximate surface area is 150 Å². The Morgan fingerprint density at radius 2 is 1.21 bits per heavy atom. The van der Waals surface area contributed by atoms with Crippen molar-refractivity contribution in [1.82, 2.24) is 0 Å². The number of aryl methyl sites for hydroxylation is 2. The highest BCUT2D eigenvalue weighted by molar-refractivity contribution is 7.22. The van der Waals surface area contributed by atoms with E-state index in [0.717, 1.165) is 25.7 Å². The zero-order valence-electron chi connectivity index (χ0n) is 14.0. The van der Waals surface area contributed by atoms with Gasteiger partial charge in [-0.15, -0.1) is 22.7 Å². The third-order valence-corrected chi connectivity index (χ3v) is 6.12. The molecule has 0 aliphatic carbocycles. The van der Waals surface area contributed by atoms with Gasteiger partial charge < -0.3 is 9.47 Å². The summed E-state index contributed by atoms with van der Waals surface area (Å²) in [5, 5.41) is 0. The molecular formula is C18H22O4S2. The minimum atomic E-state index is -0.151. The van der Waals surface area contributed by atoms with E-state index >= 15 is 0 Å². The van der Waals surface area contributed by atoms with Crippen LogP contribution in [0.25, 0.3) is 9.75 Å². The lowest BCUT2D eigenvalue weighted by Crippen LogP contribution is -1.99. The van der Waals surface area contributed by atoms with Gasteiger partial charge in [0.25, 0.3) is 0 Å². The number of thiophene rings is 2. The summed E-state index contributed by atoms with van der Waals surface area (Å²) in [6.45, 7) is 0. The molecule has 24 heavy (non-hydrogen) atoms. The van der Waals surface area contributed by atoms with E-state index < -0.39 is 0 Å². The molecule has 0 radical (unpaired) electrons. The molecule has 0 atom stereocenters. The first-order valence-corrected chi connectivity index (χ1v) is 9.57. The molecule has 2 aromatic heterocycles. The monoisotopic (exact) mass is 366 g/mol. The normalized spacial score (nSPS) is 10.6. The number of hydrogen-bond acceptors (Lipinski definition) is 6. The largest absolute Gasteiger partial charge is 0.469 e. The van der Waals surface area contributed by atoms with Crippen LogP contribution in [0.1, 0.15) is 35.4 Å². The average Bonchev–Trinajstić information content (AvgIpc) is 3.23. The fourth-order valence-electron chi connectivity index (χ4n) is 2.31. The van der Waals surface area contributed by atoms with Gasteiger partial charge in [-0.2, -0.15) is 0 Å². The molecule has 0 saturated heterocycles. The Morgan fingerprint density at radius 1 is 0.792 bits per heavy atom. The van der Waals surface area contributed by atoms with E-state index in [0.29, 0.717) is 12.8 Å². The predicted octanol–water partition coefficient (Wildman–Crippen LogP) is 4.47. The zero-order valence-corrected chi connectivity index (χ0v) is 15.6. The van der Waals surface area contributed by atoms with Gasteiger partial charge in [0.1, 0.15) is 0 Å². The predicted molar refractivity (Wildman–Crippen MR) is 97.5 cm³/mol. The molecule has 0 amide bonds. The minimum Gasteiger partial charge on any atom is -0.469 e. The topological polar surface area (TPSA) is 52.6 Å². The lowest BCUT2D eigenvalue weighted by atomic mass is 10.2. The fourth-order valence-corrected chi connectivity index (χ4v) is 4.50. The lowest BCUT2D eigenvalue weighted by molar-refractivity contribution is -0.141. The molecule has 6 heteroatoms. The van der Waals surface area contributed by atoms with E-state index in [1.807, 2.05) is 0 Å². The number of ether oxygens (including phenoxy) is 2. The van der Waals surface area contributed by atoms with Gasteiger partial charge in [-0.05, 0) is 49.9 Å². The molecule has 2 rings (SSSR count). The summed E-state index contributed by atoms with van der Waals surface area (Å²) in [5.41, 5.74) is 0. The molecule has 0 aromatic carbocycles. The van der Waals surface area contributed by atoms with Crippen molar-refractivity contribution in [3.63, 3.8) is 0 Å². The standard InChI is InChI=1S/C18H22O4S2/c1-21-17(19)7-3-5-13-9-11-15(23-13)16-12-10-14(24-16)6-4-8-18(20)22-2/h9-12H,3-8H2,1-2H3. The van der Waals surface area contributed by atoms with Gasteiger partial charge in [-0.3, -0.25) is 9.59 Å². The van der Waals surface area contributed by atoms with E-state index in [1.54, 1.807) is 22.7 Å². The molecular weight excluding hydrogens is 344 g/mol. The zero-order chi connectivity index (χ0) is 17.4. The van der Waals surface area contributed by atoms with Crippen molar-refractivity contribution in [2.24, 2.45) is 0 Å².